The standard InChI is InChI=1S/C16H15F4N5/c1-9(5-11-3-4-12(13(17)7-11)16(18,19)20)23-14-6-10(2)24-15-21-8-22-25(14)15/h3-4,6-9,23H,5H2,1-2H3. The van der Waals surface area contributed by atoms with Gasteiger partial charge in [-0.2, -0.15) is 27.8 Å². The van der Waals surface area contributed by atoms with Gasteiger partial charge in [0.1, 0.15) is 18.0 Å². The highest BCUT2D eigenvalue weighted by molar-refractivity contribution is 5.45. The van der Waals surface area contributed by atoms with Crippen molar-refractivity contribution in [2.24, 2.45) is 0 Å². The Morgan fingerprint density at radius 1 is 1.24 bits per heavy atom. The van der Waals surface area contributed by atoms with E-state index in [1.807, 2.05) is 13.8 Å². The number of nitrogens with one attached hydrogen (secondary N) is 1. The molecule has 0 fully saturated rings. The van der Waals surface area contributed by atoms with E-state index in [9.17, 15) is 17.6 Å². The summed E-state index contributed by atoms with van der Waals surface area (Å²) in [5.74, 6) is -0.175. The van der Waals surface area contributed by atoms with Crippen LogP contribution in [0.2, 0.25) is 0 Å². The van der Waals surface area contributed by atoms with E-state index >= 15 is 0 Å². The number of fused-ring (bicyclic) bond motifs is 1. The van der Waals surface area contributed by atoms with Crippen LogP contribution in [0, 0.1) is 12.7 Å². The topological polar surface area (TPSA) is 55.1 Å². The van der Waals surface area contributed by atoms with Gasteiger partial charge in [-0.3, -0.25) is 0 Å². The van der Waals surface area contributed by atoms with Crippen molar-refractivity contribution >= 4 is 11.6 Å². The summed E-state index contributed by atoms with van der Waals surface area (Å²) in [6.45, 7) is 3.66. The smallest absolute Gasteiger partial charge is 0.367 e. The normalized spacial score (nSPS) is 13.2. The first-order valence-electron chi connectivity index (χ1n) is 7.53. The summed E-state index contributed by atoms with van der Waals surface area (Å²) in [5, 5.41) is 7.27. The monoisotopic (exact) mass is 353 g/mol. The molecule has 2 heterocycles. The minimum absolute atomic E-state index is 0.176. The Balaban J connectivity index is 1.77. The minimum Gasteiger partial charge on any atom is -0.367 e. The van der Waals surface area contributed by atoms with Gasteiger partial charge in [0.2, 0.25) is 0 Å². The van der Waals surface area contributed by atoms with Gasteiger partial charge < -0.3 is 5.32 Å². The lowest BCUT2D eigenvalue weighted by Gasteiger charge is -2.17. The molecule has 2 aromatic heterocycles. The molecule has 1 atom stereocenters. The van der Waals surface area contributed by atoms with Gasteiger partial charge in [-0.25, -0.2) is 9.37 Å². The van der Waals surface area contributed by atoms with E-state index in [4.69, 9.17) is 0 Å². The number of aryl methyl sites for hydroxylation is 1. The number of hydrogen-bond acceptors (Lipinski definition) is 4. The maximum absolute atomic E-state index is 13.7. The molecular weight excluding hydrogens is 338 g/mol. The average Bonchev–Trinajstić information content (AvgIpc) is 2.94. The van der Waals surface area contributed by atoms with Crippen LogP contribution in [0.1, 0.15) is 23.7 Å². The highest BCUT2D eigenvalue weighted by Gasteiger charge is 2.33. The molecule has 3 aromatic rings. The fraction of sp³-hybridized carbons (Fsp3) is 0.312. The Morgan fingerprint density at radius 2 is 2.00 bits per heavy atom. The first-order valence-corrected chi connectivity index (χ1v) is 7.53. The Bertz CT molecular complexity index is 903. The number of rotatable bonds is 4. The number of aromatic nitrogens is 4. The van der Waals surface area contributed by atoms with Crippen molar-refractivity contribution in [2.45, 2.75) is 32.5 Å². The van der Waals surface area contributed by atoms with Gasteiger partial charge in [-0.1, -0.05) is 6.07 Å². The molecule has 1 aromatic carbocycles. The van der Waals surface area contributed by atoms with Crippen LogP contribution in [0.25, 0.3) is 5.78 Å². The van der Waals surface area contributed by atoms with E-state index in [0.717, 1.165) is 17.8 Å². The molecule has 0 bridgehead atoms. The van der Waals surface area contributed by atoms with Crippen LogP contribution in [0.4, 0.5) is 23.4 Å². The third-order valence-electron chi connectivity index (χ3n) is 3.65. The van der Waals surface area contributed by atoms with E-state index in [1.165, 1.54) is 16.9 Å². The number of nitrogens with zero attached hydrogens (tertiary/aromatic N) is 4. The maximum atomic E-state index is 13.7. The van der Waals surface area contributed by atoms with Crippen molar-refractivity contribution in [3.63, 3.8) is 0 Å². The van der Waals surface area contributed by atoms with Gasteiger partial charge in [0, 0.05) is 17.8 Å². The van der Waals surface area contributed by atoms with E-state index in [2.05, 4.69) is 20.4 Å². The van der Waals surface area contributed by atoms with Crippen molar-refractivity contribution in [1.29, 1.82) is 0 Å². The van der Waals surface area contributed by atoms with E-state index in [1.54, 1.807) is 6.07 Å². The molecule has 0 aliphatic carbocycles. The van der Waals surface area contributed by atoms with Crippen LogP contribution in [-0.2, 0) is 12.6 Å². The Kier molecular flexibility index (Phi) is 4.32. The largest absolute Gasteiger partial charge is 0.419 e. The van der Waals surface area contributed by atoms with Gasteiger partial charge in [-0.15, -0.1) is 0 Å². The molecule has 5 nitrogen and oxygen atoms in total. The van der Waals surface area contributed by atoms with E-state index < -0.39 is 17.6 Å². The van der Waals surface area contributed by atoms with Crippen LogP contribution in [0.3, 0.4) is 0 Å². The van der Waals surface area contributed by atoms with Crippen molar-refractivity contribution in [2.75, 3.05) is 5.32 Å². The number of halogens is 4. The first-order chi connectivity index (χ1) is 11.7. The molecule has 0 saturated heterocycles. The number of benzene rings is 1. The van der Waals surface area contributed by atoms with Crippen molar-refractivity contribution in [1.82, 2.24) is 19.6 Å². The van der Waals surface area contributed by atoms with Crippen LogP contribution in [0.15, 0.2) is 30.6 Å². The van der Waals surface area contributed by atoms with Gasteiger partial charge >= 0.3 is 6.18 Å². The Hall–Kier alpha value is -2.71. The van der Waals surface area contributed by atoms with Crippen molar-refractivity contribution in [3.8, 4) is 0 Å². The summed E-state index contributed by atoms with van der Waals surface area (Å²) in [5.41, 5.74) is -0.0483. The molecule has 0 amide bonds. The average molecular weight is 353 g/mol. The number of alkyl halides is 3. The highest BCUT2D eigenvalue weighted by Crippen LogP contribution is 2.31. The van der Waals surface area contributed by atoms with Crippen molar-refractivity contribution in [3.05, 3.63) is 53.2 Å². The second kappa shape index (κ2) is 6.30. The minimum atomic E-state index is -4.69. The maximum Gasteiger partial charge on any atom is 0.419 e. The molecule has 0 aliphatic heterocycles. The number of anilines is 1. The van der Waals surface area contributed by atoms with Gasteiger partial charge in [0.25, 0.3) is 5.78 Å². The highest BCUT2D eigenvalue weighted by atomic mass is 19.4. The lowest BCUT2D eigenvalue weighted by atomic mass is 10.0. The lowest BCUT2D eigenvalue weighted by molar-refractivity contribution is -0.140. The zero-order valence-electron chi connectivity index (χ0n) is 13.5. The first kappa shape index (κ1) is 17.1. The van der Waals surface area contributed by atoms with E-state index in [0.29, 0.717) is 23.6 Å². The molecule has 0 aliphatic rings. The zero-order chi connectivity index (χ0) is 18.2. The van der Waals surface area contributed by atoms with Crippen LogP contribution in [-0.4, -0.2) is 25.6 Å². The SMILES string of the molecule is Cc1cc(NC(C)Cc2ccc(C(F)(F)F)c(F)c2)n2ncnc2n1. The summed E-state index contributed by atoms with van der Waals surface area (Å²) >= 11 is 0. The number of hydrogen-bond donors (Lipinski definition) is 1. The molecule has 1 unspecified atom stereocenters. The second-order valence-corrected chi connectivity index (χ2v) is 5.82. The Labute approximate surface area is 140 Å². The molecule has 0 radical (unpaired) electrons. The molecule has 3 rings (SSSR count). The molecule has 0 saturated carbocycles. The molecule has 1 N–H and O–H groups in total. The fourth-order valence-corrected chi connectivity index (χ4v) is 2.61. The summed E-state index contributed by atoms with van der Waals surface area (Å²) in [4.78, 5) is 8.25. The zero-order valence-corrected chi connectivity index (χ0v) is 13.5. The summed E-state index contributed by atoms with van der Waals surface area (Å²) < 4.78 is 53.0. The summed E-state index contributed by atoms with van der Waals surface area (Å²) in [6, 6.07) is 4.58. The van der Waals surface area contributed by atoms with Gasteiger partial charge in [0.05, 0.1) is 5.56 Å². The van der Waals surface area contributed by atoms with Crippen LogP contribution in [0.5, 0.6) is 0 Å². The lowest BCUT2D eigenvalue weighted by Crippen LogP contribution is -2.21. The Morgan fingerprint density at radius 3 is 2.68 bits per heavy atom. The van der Waals surface area contributed by atoms with Crippen molar-refractivity contribution < 1.29 is 17.6 Å². The predicted octanol–water partition coefficient (Wildman–Crippen LogP) is 3.63. The summed E-state index contributed by atoms with van der Waals surface area (Å²) in [7, 11) is 0. The third-order valence-corrected chi connectivity index (χ3v) is 3.65. The second-order valence-electron chi connectivity index (χ2n) is 5.82. The summed E-state index contributed by atoms with van der Waals surface area (Å²) in [6.07, 6.45) is -2.98. The predicted molar refractivity (Wildman–Crippen MR) is 83.7 cm³/mol. The molecule has 9 heteroatoms. The molecule has 0 spiro atoms. The molecule has 25 heavy (non-hydrogen) atoms. The van der Waals surface area contributed by atoms with Gasteiger partial charge in [0.15, 0.2) is 0 Å². The third kappa shape index (κ3) is 3.70. The molecular formula is C16H15F4N5. The van der Waals surface area contributed by atoms with Gasteiger partial charge in [-0.05, 0) is 38.0 Å². The van der Waals surface area contributed by atoms with Crippen LogP contribution >= 0.6 is 0 Å². The molecule has 132 valence electrons. The quantitative estimate of drug-likeness (QED) is 0.728. The van der Waals surface area contributed by atoms with Crippen LogP contribution < -0.4 is 5.32 Å². The van der Waals surface area contributed by atoms with E-state index in [-0.39, 0.29) is 6.04 Å². The fourth-order valence-electron chi connectivity index (χ4n) is 2.61.